The third-order valence-corrected chi connectivity index (χ3v) is 3.16. The first-order chi connectivity index (χ1) is 8.97. The number of hydrogen-bond acceptors (Lipinski definition) is 2. The van der Waals surface area contributed by atoms with Crippen molar-refractivity contribution in [3.8, 4) is 5.69 Å². The molecule has 0 atom stereocenters. The van der Waals surface area contributed by atoms with Gasteiger partial charge in [0, 0.05) is 17.1 Å². The highest BCUT2D eigenvalue weighted by atomic mass is 35.5. The van der Waals surface area contributed by atoms with E-state index in [0.29, 0.717) is 11.4 Å². The van der Waals surface area contributed by atoms with E-state index in [2.05, 4.69) is 5.10 Å². The first-order valence-electron chi connectivity index (χ1n) is 6.01. The van der Waals surface area contributed by atoms with Crippen molar-refractivity contribution in [1.29, 1.82) is 0 Å². The van der Waals surface area contributed by atoms with E-state index in [1.54, 1.807) is 0 Å². The van der Waals surface area contributed by atoms with Crippen LogP contribution in [0.3, 0.4) is 0 Å². The molecule has 0 aliphatic rings. The van der Waals surface area contributed by atoms with Gasteiger partial charge in [0.25, 0.3) is 0 Å². The fraction of sp³-hybridized carbons (Fsp3) is 0.286. The molecule has 1 N–H and O–H groups in total. The van der Waals surface area contributed by atoms with Crippen molar-refractivity contribution in [2.75, 3.05) is 0 Å². The molecule has 5 heteroatoms. The highest BCUT2D eigenvalue weighted by molar-refractivity contribution is 6.30. The Morgan fingerprint density at radius 1 is 1.37 bits per heavy atom. The van der Waals surface area contributed by atoms with Crippen LogP contribution in [-0.4, -0.2) is 20.9 Å². The molecule has 0 fully saturated rings. The molecule has 2 aromatic rings. The number of aliphatic carboxylic acids is 1. The summed E-state index contributed by atoms with van der Waals surface area (Å²) in [6.45, 7) is 3.92. The summed E-state index contributed by atoms with van der Waals surface area (Å²) in [6, 6.07) is 7.53. The van der Waals surface area contributed by atoms with Crippen LogP contribution in [0.25, 0.3) is 5.69 Å². The molecule has 0 radical (unpaired) electrons. The number of carboxylic acid groups (broad SMARTS) is 1. The van der Waals surface area contributed by atoms with Crippen LogP contribution in [0.2, 0.25) is 5.02 Å². The summed E-state index contributed by atoms with van der Waals surface area (Å²) in [5.74, 6) is -0.810. The number of carbonyl (C=O) groups is 1. The van der Waals surface area contributed by atoms with Crippen LogP contribution in [0.5, 0.6) is 0 Å². The van der Waals surface area contributed by atoms with Gasteiger partial charge in [-0.3, -0.25) is 4.79 Å². The van der Waals surface area contributed by atoms with Gasteiger partial charge in [0.2, 0.25) is 0 Å². The van der Waals surface area contributed by atoms with Gasteiger partial charge in [-0.1, -0.05) is 11.6 Å². The minimum absolute atomic E-state index is 0.0933. The Kier molecular flexibility index (Phi) is 3.90. The molecule has 19 heavy (non-hydrogen) atoms. The van der Waals surface area contributed by atoms with Gasteiger partial charge in [0.15, 0.2) is 0 Å². The molecule has 0 amide bonds. The monoisotopic (exact) mass is 278 g/mol. The van der Waals surface area contributed by atoms with Gasteiger partial charge in [-0.05, 0) is 43.7 Å². The molecule has 1 heterocycles. The lowest BCUT2D eigenvalue weighted by molar-refractivity contribution is -0.136. The smallest absolute Gasteiger partial charge is 0.303 e. The minimum atomic E-state index is -0.810. The SMILES string of the molecule is Cc1cc(Cl)ccc1-n1nc(CCC(=O)O)cc1C. The average Bonchev–Trinajstić information content (AvgIpc) is 2.68. The minimum Gasteiger partial charge on any atom is -0.481 e. The molecule has 1 aromatic carbocycles. The number of hydrogen-bond donors (Lipinski definition) is 1. The van der Waals surface area contributed by atoms with Crippen LogP contribution in [-0.2, 0) is 11.2 Å². The number of rotatable bonds is 4. The lowest BCUT2D eigenvalue weighted by Gasteiger charge is -2.08. The predicted octanol–water partition coefficient (Wildman–Crippen LogP) is 3.16. The quantitative estimate of drug-likeness (QED) is 0.935. The van der Waals surface area contributed by atoms with Gasteiger partial charge >= 0.3 is 5.97 Å². The summed E-state index contributed by atoms with van der Waals surface area (Å²) in [7, 11) is 0. The van der Waals surface area contributed by atoms with Crippen molar-refractivity contribution < 1.29 is 9.90 Å². The van der Waals surface area contributed by atoms with Gasteiger partial charge < -0.3 is 5.11 Å². The summed E-state index contributed by atoms with van der Waals surface area (Å²) in [5.41, 5.74) is 3.76. The van der Waals surface area contributed by atoms with Crippen LogP contribution < -0.4 is 0 Å². The molecule has 0 bridgehead atoms. The second-order valence-electron chi connectivity index (χ2n) is 4.51. The molecule has 4 nitrogen and oxygen atoms in total. The molecular weight excluding hydrogens is 264 g/mol. The zero-order valence-corrected chi connectivity index (χ0v) is 11.6. The van der Waals surface area contributed by atoms with E-state index >= 15 is 0 Å². The van der Waals surface area contributed by atoms with Gasteiger partial charge in [-0.15, -0.1) is 0 Å². The third-order valence-electron chi connectivity index (χ3n) is 2.92. The second kappa shape index (κ2) is 5.45. The number of halogens is 1. The van der Waals surface area contributed by atoms with E-state index in [-0.39, 0.29) is 6.42 Å². The predicted molar refractivity (Wildman–Crippen MR) is 74.0 cm³/mol. The molecule has 0 aliphatic heterocycles. The number of nitrogens with zero attached hydrogens (tertiary/aromatic N) is 2. The van der Waals surface area contributed by atoms with Gasteiger partial charge in [-0.2, -0.15) is 5.10 Å². The molecule has 0 saturated heterocycles. The van der Waals surface area contributed by atoms with Crippen LogP contribution >= 0.6 is 11.6 Å². The maximum atomic E-state index is 10.6. The summed E-state index contributed by atoms with van der Waals surface area (Å²) in [6.07, 6.45) is 0.534. The Labute approximate surface area is 116 Å². The van der Waals surface area contributed by atoms with Gasteiger partial charge in [0.1, 0.15) is 0 Å². The largest absolute Gasteiger partial charge is 0.481 e. The fourth-order valence-electron chi connectivity index (χ4n) is 2.00. The van der Waals surface area contributed by atoms with E-state index < -0.39 is 5.97 Å². The highest BCUT2D eigenvalue weighted by Gasteiger charge is 2.09. The lowest BCUT2D eigenvalue weighted by Crippen LogP contribution is -2.03. The van der Waals surface area contributed by atoms with Crippen molar-refractivity contribution >= 4 is 17.6 Å². The normalized spacial score (nSPS) is 10.7. The summed E-state index contributed by atoms with van der Waals surface area (Å²) >= 11 is 5.94. The molecular formula is C14H15ClN2O2. The van der Waals surface area contributed by atoms with Crippen LogP contribution in [0.15, 0.2) is 24.3 Å². The van der Waals surface area contributed by atoms with Crippen LogP contribution in [0, 0.1) is 13.8 Å². The summed E-state index contributed by atoms with van der Waals surface area (Å²) in [4.78, 5) is 10.6. The number of aromatic nitrogens is 2. The van der Waals surface area contributed by atoms with Crippen molar-refractivity contribution in [3.05, 3.63) is 46.2 Å². The molecule has 2 rings (SSSR count). The zero-order chi connectivity index (χ0) is 14.0. The van der Waals surface area contributed by atoms with Gasteiger partial charge in [0.05, 0.1) is 17.8 Å². The molecule has 100 valence electrons. The average molecular weight is 279 g/mol. The van der Waals surface area contributed by atoms with Crippen LogP contribution in [0.1, 0.15) is 23.4 Å². The summed E-state index contributed by atoms with van der Waals surface area (Å²) < 4.78 is 1.82. The Balaban J connectivity index is 2.32. The van der Waals surface area contributed by atoms with E-state index in [0.717, 1.165) is 22.6 Å². The fourth-order valence-corrected chi connectivity index (χ4v) is 2.22. The van der Waals surface area contributed by atoms with E-state index in [4.69, 9.17) is 16.7 Å². The number of benzene rings is 1. The second-order valence-corrected chi connectivity index (χ2v) is 4.95. The Morgan fingerprint density at radius 2 is 2.11 bits per heavy atom. The first-order valence-corrected chi connectivity index (χ1v) is 6.39. The van der Waals surface area contributed by atoms with Crippen molar-refractivity contribution in [2.45, 2.75) is 26.7 Å². The van der Waals surface area contributed by atoms with Gasteiger partial charge in [-0.25, -0.2) is 4.68 Å². The summed E-state index contributed by atoms with van der Waals surface area (Å²) in [5, 5.41) is 13.8. The molecule has 0 unspecified atom stereocenters. The molecule has 0 aliphatic carbocycles. The van der Waals surface area contributed by atoms with Crippen molar-refractivity contribution in [1.82, 2.24) is 9.78 Å². The Bertz CT molecular complexity index is 620. The maximum Gasteiger partial charge on any atom is 0.303 e. The number of carboxylic acids is 1. The maximum absolute atomic E-state index is 10.6. The molecule has 0 saturated carbocycles. The third kappa shape index (κ3) is 3.15. The first kappa shape index (κ1) is 13.6. The van der Waals surface area contributed by atoms with Crippen molar-refractivity contribution in [3.63, 3.8) is 0 Å². The van der Waals surface area contributed by atoms with Crippen molar-refractivity contribution in [2.24, 2.45) is 0 Å². The van der Waals surface area contributed by atoms with E-state index in [9.17, 15) is 4.79 Å². The topological polar surface area (TPSA) is 55.1 Å². The molecule has 0 spiro atoms. The Morgan fingerprint density at radius 3 is 2.74 bits per heavy atom. The lowest BCUT2D eigenvalue weighted by atomic mass is 10.2. The zero-order valence-electron chi connectivity index (χ0n) is 10.9. The standard InChI is InChI=1S/C14H15ClN2O2/c1-9-7-11(15)3-5-13(9)17-10(2)8-12(16-17)4-6-14(18)19/h3,5,7-8H,4,6H2,1-2H3,(H,18,19). The highest BCUT2D eigenvalue weighted by Crippen LogP contribution is 2.20. The van der Waals surface area contributed by atoms with E-state index in [1.165, 1.54) is 0 Å². The molecule has 1 aromatic heterocycles. The number of aryl methyl sites for hydroxylation is 3. The van der Waals surface area contributed by atoms with E-state index in [1.807, 2.05) is 42.8 Å². The van der Waals surface area contributed by atoms with Crippen LogP contribution in [0.4, 0.5) is 0 Å². The Hall–Kier alpha value is -1.81.